The standard InChI is InChI=1S/C11H15BrN2/c1-8(13)7-14-6-5-9-3-2-4-10(12)11(9)14/h2-4,8H,5-7,13H2,1H3. The zero-order chi connectivity index (χ0) is 10.1. The Morgan fingerprint density at radius 2 is 2.36 bits per heavy atom. The number of fused-ring (bicyclic) bond motifs is 1. The molecule has 0 amide bonds. The third-order valence-electron chi connectivity index (χ3n) is 2.55. The molecule has 1 aromatic rings. The lowest BCUT2D eigenvalue weighted by Crippen LogP contribution is -2.34. The first-order valence-corrected chi connectivity index (χ1v) is 5.75. The molecule has 0 saturated carbocycles. The van der Waals surface area contributed by atoms with E-state index in [1.54, 1.807) is 0 Å². The maximum atomic E-state index is 5.82. The van der Waals surface area contributed by atoms with Gasteiger partial charge in [-0.2, -0.15) is 0 Å². The highest BCUT2D eigenvalue weighted by Crippen LogP contribution is 2.34. The number of rotatable bonds is 2. The largest absolute Gasteiger partial charge is 0.369 e. The van der Waals surface area contributed by atoms with Crippen molar-refractivity contribution >= 4 is 21.6 Å². The summed E-state index contributed by atoms with van der Waals surface area (Å²) in [6.45, 7) is 4.09. The molecule has 1 unspecified atom stereocenters. The molecule has 2 nitrogen and oxygen atoms in total. The monoisotopic (exact) mass is 254 g/mol. The Balaban J connectivity index is 2.29. The second kappa shape index (κ2) is 3.91. The van der Waals surface area contributed by atoms with E-state index >= 15 is 0 Å². The van der Waals surface area contributed by atoms with Crippen LogP contribution in [-0.4, -0.2) is 19.1 Å². The minimum Gasteiger partial charge on any atom is -0.369 e. The zero-order valence-corrected chi connectivity index (χ0v) is 9.92. The first kappa shape index (κ1) is 9.99. The Labute approximate surface area is 93.2 Å². The number of nitrogens with two attached hydrogens (primary N) is 1. The minimum atomic E-state index is 0.230. The van der Waals surface area contributed by atoms with E-state index in [1.165, 1.54) is 15.7 Å². The van der Waals surface area contributed by atoms with Crippen molar-refractivity contribution in [3.05, 3.63) is 28.2 Å². The number of para-hydroxylation sites is 1. The molecule has 0 spiro atoms. The number of nitrogens with zero attached hydrogens (tertiary/aromatic N) is 1. The van der Waals surface area contributed by atoms with Gasteiger partial charge in [-0.1, -0.05) is 12.1 Å². The smallest absolute Gasteiger partial charge is 0.0544 e. The fourth-order valence-electron chi connectivity index (χ4n) is 2.01. The number of halogens is 1. The van der Waals surface area contributed by atoms with Gasteiger partial charge in [0.05, 0.1) is 5.69 Å². The first-order valence-electron chi connectivity index (χ1n) is 4.96. The van der Waals surface area contributed by atoms with Gasteiger partial charge in [0, 0.05) is 23.6 Å². The third kappa shape index (κ3) is 1.79. The Morgan fingerprint density at radius 3 is 3.07 bits per heavy atom. The maximum Gasteiger partial charge on any atom is 0.0544 e. The number of hydrogen-bond acceptors (Lipinski definition) is 2. The molecular formula is C11H15BrN2. The molecule has 2 N–H and O–H groups in total. The molecule has 1 heterocycles. The predicted octanol–water partition coefficient (Wildman–Crippen LogP) is 2.16. The van der Waals surface area contributed by atoms with Crippen LogP contribution in [0.15, 0.2) is 22.7 Å². The maximum absolute atomic E-state index is 5.82. The van der Waals surface area contributed by atoms with Gasteiger partial charge >= 0.3 is 0 Å². The van der Waals surface area contributed by atoms with Gasteiger partial charge in [-0.3, -0.25) is 0 Å². The quantitative estimate of drug-likeness (QED) is 0.877. The number of benzene rings is 1. The number of hydrogen-bond donors (Lipinski definition) is 1. The molecule has 0 saturated heterocycles. The molecule has 0 aromatic heterocycles. The molecule has 1 aliphatic rings. The van der Waals surface area contributed by atoms with Crippen LogP contribution in [0.1, 0.15) is 12.5 Å². The zero-order valence-electron chi connectivity index (χ0n) is 8.33. The van der Waals surface area contributed by atoms with E-state index in [0.717, 1.165) is 19.5 Å². The molecular weight excluding hydrogens is 240 g/mol. The summed E-state index contributed by atoms with van der Waals surface area (Å²) in [6.07, 6.45) is 1.14. The van der Waals surface area contributed by atoms with Gasteiger partial charge in [-0.05, 0) is 40.9 Å². The molecule has 2 rings (SSSR count). The van der Waals surface area contributed by atoms with Crippen LogP contribution >= 0.6 is 15.9 Å². The van der Waals surface area contributed by atoms with Crippen molar-refractivity contribution in [1.82, 2.24) is 0 Å². The highest BCUT2D eigenvalue weighted by molar-refractivity contribution is 9.10. The van der Waals surface area contributed by atoms with Gasteiger partial charge < -0.3 is 10.6 Å². The van der Waals surface area contributed by atoms with Crippen molar-refractivity contribution in [1.29, 1.82) is 0 Å². The molecule has 1 atom stereocenters. The average Bonchev–Trinajstić information content (AvgIpc) is 2.49. The third-order valence-corrected chi connectivity index (χ3v) is 3.19. The first-order chi connectivity index (χ1) is 6.68. The lowest BCUT2D eigenvalue weighted by atomic mass is 10.2. The van der Waals surface area contributed by atoms with Gasteiger partial charge in [0.15, 0.2) is 0 Å². The molecule has 14 heavy (non-hydrogen) atoms. The fourth-order valence-corrected chi connectivity index (χ4v) is 2.67. The highest BCUT2D eigenvalue weighted by atomic mass is 79.9. The van der Waals surface area contributed by atoms with E-state index in [1.807, 2.05) is 0 Å². The molecule has 0 aliphatic carbocycles. The van der Waals surface area contributed by atoms with Crippen LogP contribution in [0.3, 0.4) is 0 Å². The molecule has 76 valence electrons. The SMILES string of the molecule is CC(N)CN1CCc2cccc(Br)c21. The minimum absolute atomic E-state index is 0.230. The summed E-state index contributed by atoms with van der Waals surface area (Å²) in [5, 5.41) is 0. The van der Waals surface area contributed by atoms with Crippen LogP contribution in [0, 0.1) is 0 Å². The summed E-state index contributed by atoms with van der Waals surface area (Å²) in [4.78, 5) is 2.37. The van der Waals surface area contributed by atoms with Crippen molar-refractivity contribution in [2.75, 3.05) is 18.0 Å². The van der Waals surface area contributed by atoms with Crippen LogP contribution in [-0.2, 0) is 6.42 Å². The van der Waals surface area contributed by atoms with Gasteiger partial charge in [-0.25, -0.2) is 0 Å². The number of anilines is 1. The Bertz CT molecular complexity index is 336. The van der Waals surface area contributed by atoms with Crippen molar-refractivity contribution in [3.63, 3.8) is 0 Å². The highest BCUT2D eigenvalue weighted by Gasteiger charge is 2.21. The van der Waals surface area contributed by atoms with E-state index in [-0.39, 0.29) is 6.04 Å². The predicted molar refractivity (Wildman–Crippen MR) is 63.7 cm³/mol. The molecule has 0 bridgehead atoms. The summed E-state index contributed by atoms with van der Waals surface area (Å²) in [5.41, 5.74) is 8.59. The molecule has 3 heteroatoms. The second-order valence-corrected chi connectivity index (χ2v) is 4.78. The Kier molecular flexibility index (Phi) is 2.79. The van der Waals surface area contributed by atoms with Crippen molar-refractivity contribution < 1.29 is 0 Å². The van der Waals surface area contributed by atoms with Crippen LogP contribution in [0.4, 0.5) is 5.69 Å². The van der Waals surface area contributed by atoms with Crippen molar-refractivity contribution in [2.45, 2.75) is 19.4 Å². The van der Waals surface area contributed by atoms with E-state index in [0.29, 0.717) is 0 Å². The van der Waals surface area contributed by atoms with Crippen LogP contribution in [0.25, 0.3) is 0 Å². The summed E-state index contributed by atoms with van der Waals surface area (Å²) in [7, 11) is 0. The van der Waals surface area contributed by atoms with Crippen LogP contribution < -0.4 is 10.6 Å². The second-order valence-electron chi connectivity index (χ2n) is 3.92. The molecule has 1 aliphatic heterocycles. The fraction of sp³-hybridized carbons (Fsp3) is 0.455. The van der Waals surface area contributed by atoms with E-state index in [4.69, 9.17) is 5.73 Å². The van der Waals surface area contributed by atoms with Crippen LogP contribution in [0.5, 0.6) is 0 Å². The molecule has 0 fully saturated rings. The summed E-state index contributed by atoms with van der Waals surface area (Å²) >= 11 is 3.60. The summed E-state index contributed by atoms with van der Waals surface area (Å²) in [6, 6.07) is 6.62. The Hall–Kier alpha value is -0.540. The van der Waals surface area contributed by atoms with E-state index in [9.17, 15) is 0 Å². The lowest BCUT2D eigenvalue weighted by Gasteiger charge is -2.22. The van der Waals surface area contributed by atoms with Gasteiger partial charge in [0.1, 0.15) is 0 Å². The Morgan fingerprint density at radius 1 is 1.57 bits per heavy atom. The lowest BCUT2D eigenvalue weighted by molar-refractivity contribution is 0.693. The molecule has 1 aromatic carbocycles. The normalized spacial score (nSPS) is 16.9. The van der Waals surface area contributed by atoms with Gasteiger partial charge in [0.2, 0.25) is 0 Å². The summed E-state index contributed by atoms with van der Waals surface area (Å²) < 4.78 is 1.19. The topological polar surface area (TPSA) is 29.3 Å². The van der Waals surface area contributed by atoms with Crippen molar-refractivity contribution in [3.8, 4) is 0 Å². The summed E-state index contributed by atoms with van der Waals surface area (Å²) in [5.74, 6) is 0. The van der Waals surface area contributed by atoms with Gasteiger partial charge in [-0.15, -0.1) is 0 Å². The van der Waals surface area contributed by atoms with E-state index < -0.39 is 0 Å². The molecule has 0 radical (unpaired) electrons. The average molecular weight is 255 g/mol. The van der Waals surface area contributed by atoms with E-state index in [2.05, 4.69) is 46.0 Å². The van der Waals surface area contributed by atoms with Crippen LogP contribution in [0.2, 0.25) is 0 Å². The van der Waals surface area contributed by atoms with Crippen molar-refractivity contribution in [2.24, 2.45) is 5.73 Å². The van der Waals surface area contributed by atoms with Gasteiger partial charge in [0.25, 0.3) is 0 Å².